The molecule has 2 saturated heterocycles. The summed E-state index contributed by atoms with van der Waals surface area (Å²) in [4.78, 5) is 207. The first kappa shape index (κ1) is 88.9. The molecule has 0 spiro atoms. The molecule has 582 valence electrons. The minimum atomic E-state index is -1.87. The summed E-state index contributed by atoms with van der Waals surface area (Å²) in [6.45, 7) is 25.9. The Labute approximate surface area is 609 Å². The van der Waals surface area contributed by atoms with Gasteiger partial charge in [-0.2, -0.15) is 0 Å². The second-order valence-corrected chi connectivity index (χ2v) is 28.5. The van der Waals surface area contributed by atoms with Gasteiger partial charge in [0.25, 0.3) is 5.91 Å². The van der Waals surface area contributed by atoms with Gasteiger partial charge in [-0.3, -0.25) is 72.1 Å². The highest BCUT2D eigenvalue weighted by Gasteiger charge is 2.44. The number of fused-ring (bicyclic) bond motifs is 1. The second kappa shape index (κ2) is 42.5. The van der Waals surface area contributed by atoms with Crippen LogP contribution in [0, 0.1) is 35.5 Å². The maximum Gasteiger partial charge on any atom is 0.302 e. The van der Waals surface area contributed by atoms with Crippen LogP contribution in [0.4, 0.5) is 0 Å². The van der Waals surface area contributed by atoms with Crippen LogP contribution in [-0.2, 0) is 78.3 Å². The largest absolute Gasteiger partial charge is 0.460 e. The summed E-state index contributed by atoms with van der Waals surface area (Å²) in [5.41, 5.74) is 11.4. The number of esters is 1. The van der Waals surface area contributed by atoms with E-state index in [1.165, 1.54) is 31.7 Å². The van der Waals surface area contributed by atoms with E-state index >= 15 is 0 Å². The standard InChI is InChI=1S/C71H116N16O17/c1-18-38(12)53-65(98)78-48(33-44-26-22-21-23-27-44)60(93)75-45(20-3)58(91)79-50(35(6)7)64(97)86-57(42(16)104-43(17)90)69(102)85-56(41(15)89)67(100)80-51(36(8)9)63(96)81-52(37(10)11)70(103)87-31-25-29-49(87)62(95)76-46(28-24-30-74-71(72)73)59(92)77-47(32-34(4)5)61(94)84-55(40(14)88)68(101)83-54(39(13)19-2)66(99)82-53/h20-23,26-27,34-42,46-57,88-89H,18-19,24-25,28-33H2,1-17H3,(H,75,93)(H,76,95)(H,77,92)(H,78,98)(H,79,91)(H,80,100)(H,81,96)(H,82,99)(H,83,101)(H,84,94)(H,85,102)(H,86,97)(H4,72,73,74)/b45-20-/t38?,39?,40-,41+,42+,46-,47-,48+,49?,50-,51-,52+,53-,54+,55-,56+,57?/m1/s1. The number of ether oxygens (including phenoxy) is 1. The number of aliphatic hydroxyl groups is 2. The van der Waals surface area contributed by atoms with E-state index in [0.29, 0.717) is 18.4 Å². The first-order chi connectivity index (χ1) is 48.7. The monoisotopic (exact) mass is 1460 g/mol. The van der Waals surface area contributed by atoms with Crippen molar-refractivity contribution in [2.45, 2.75) is 260 Å². The van der Waals surface area contributed by atoms with Crippen LogP contribution in [0.1, 0.15) is 168 Å². The topological polar surface area (TPSA) is 501 Å². The minimum absolute atomic E-state index is 0.00401. The Balaban J connectivity index is 2.31. The van der Waals surface area contributed by atoms with Gasteiger partial charge in [-0.15, -0.1) is 0 Å². The molecule has 0 aromatic heterocycles. The Kier molecular flexibility index (Phi) is 36.3. The van der Waals surface area contributed by atoms with E-state index in [4.69, 9.17) is 16.2 Å². The van der Waals surface area contributed by atoms with E-state index in [0.717, 1.165) is 13.8 Å². The van der Waals surface area contributed by atoms with Gasteiger partial charge in [0.15, 0.2) is 5.96 Å². The lowest BCUT2D eigenvalue weighted by atomic mass is 9.94. The molecular formula is C71H116N16O17. The summed E-state index contributed by atoms with van der Waals surface area (Å²) in [5, 5.41) is 53.7. The zero-order chi connectivity index (χ0) is 78.7. The third-order valence-corrected chi connectivity index (χ3v) is 18.3. The Morgan fingerprint density at radius 3 is 1.44 bits per heavy atom. The van der Waals surface area contributed by atoms with E-state index < -0.39 is 209 Å². The molecule has 1 aromatic rings. The van der Waals surface area contributed by atoms with E-state index in [1.54, 1.807) is 113 Å². The van der Waals surface area contributed by atoms with Crippen LogP contribution in [0.2, 0.25) is 0 Å². The zero-order valence-corrected chi connectivity index (χ0v) is 63.2. The number of benzene rings is 1. The van der Waals surface area contributed by atoms with Crippen LogP contribution in [0.25, 0.3) is 0 Å². The molecule has 3 rings (SSSR count). The van der Waals surface area contributed by atoms with Crippen molar-refractivity contribution < 1.29 is 82.1 Å². The van der Waals surface area contributed by atoms with Crippen molar-refractivity contribution in [1.29, 1.82) is 0 Å². The number of aliphatic imine (C=N–C) groups is 1. The quantitative estimate of drug-likeness (QED) is 0.0245. The fraction of sp³-hybridized carbons (Fsp3) is 0.676. The van der Waals surface area contributed by atoms with Crippen molar-refractivity contribution in [3.05, 3.63) is 47.7 Å². The van der Waals surface area contributed by atoms with Crippen LogP contribution in [0.3, 0.4) is 0 Å². The number of allylic oxidation sites excluding steroid dienone is 1. The lowest BCUT2D eigenvalue weighted by Gasteiger charge is -2.33. The molecule has 2 heterocycles. The number of carbonyl (C=O) groups is 14. The molecule has 0 bridgehead atoms. The molecule has 13 amide bonds. The molecule has 33 nitrogen and oxygen atoms in total. The predicted molar refractivity (Wildman–Crippen MR) is 385 cm³/mol. The molecule has 33 heteroatoms. The van der Waals surface area contributed by atoms with Crippen molar-refractivity contribution in [1.82, 2.24) is 68.7 Å². The lowest BCUT2D eigenvalue weighted by Crippen LogP contribution is -2.64. The van der Waals surface area contributed by atoms with Gasteiger partial charge in [-0.05, 0) is 101 Å². The molecule has 18 N–H and O–H groups in total. The van der Waals surface area contributed by atoms with Gasteiger partial charge in [0.2, 0.25) is 70.9 Å². The van der Waals surface area contributed by atoms with E-state index in [1.807, 2.05) is 0 Å². The van der Waals surface area contributed by atoms with Crippen LogP contribution in [0.5, 0.6) is 0 Å². The van der Waals surface area contributed by atoms with Crippen LogP contribution >= 0.6 is 0 Å². The van der Waals surface area contributed by atoms with Crippen molar-refractivity contribution >= 4 is 88.7 Å². The van der Waals surface area contributed by atoms with Crippen molar-refractivity contribution in [2.75, 3.05) is 13.1 Å². The maximum atomic E-state index is 14.8. The average Bonchev–Trinajstić information content (AvgIpc) is 1.53. The maximum absolute atomic E-state index is 14.8. The summed E-state index contributed by atoms with van der Waals surface area (Å²) in [5.74, 6) is -17.0. The third kappa shape index (κ3) is 27.1. The van der Waals surface area contributed by atoms with E-state index in [-0.39, 0.29) is 63.5 Å². The summed E-state index contributed by atoms with van der Waals surface area (Å²) < 4.78 is 5.35. The summed E-state index contributed by atoms with van der Waals surface area (Å²) in [6, 6.07) is -9.62. The smallest absolute Gasteiger partial charge is 0.302 e. The summed E-state index contributed by atoms with van der Waals surface area (Å²) in [6.07, 6.45) is -2.81. The molecule has 104 heavy (non-hydrogen) atoms. The molecule has 2 aliphatic heterocycles. The van der Waals surface area contributed by atoms with Gasteiger partial charge < -0.3 is 95.1 Å². The molecule has 0 radical (unpaired) electrons. The number of hydrogen-bond donors (Lipinski definition) is 16. The van der Waals surface area contributed by atoms with Gasteiger partial charge in [-0.25, -0.2) is 0 Å². The van der Waals surface area contributed by atoms with E-state index in [2.05, 4.69) is 68.8 Å². The highest BCUT2D eigenvalue weighted by atomic mass is 16.5. The highest BCUT2D eigenvalue weighted by molar-refractivity contribution is 6.03. The average molecular weight is 1470 g/mol. The molecular weight excluding hydrogens is 1350 g/mol. The van der Waals surface area contributed by atoms with Crippen molar-refractivity contribution in [3.63, 3.8) is 0 Å². The Bertz CT molecular complexity index is 3210. The number of amides is 13. The molecule has 2 aliphatic rings. The van der Waals surface area contributed by atoms with Gasteiger partial charge in [0.1, 0.15) is 84.3 Å². The highest BCUT2D eigenvalue weighted by Crippen LogP contribution is 2.23. The van der Waals surface area contributed by atoms with Crippen LogP contribution < -0.4 is 75.3 Å². The molecule has 0 saturated carbocycles. The minimum Gasteiger partial charge on any atom is -0.460 e. The zero-order valence-electron chi connectivity index (χ0n) is 63.2. The van der Waals surface area contributed by atoms with Crippen LogP contribution in [0.15, 0.2) is 47.1 Å². The Hall–Kier alpha value is -9.27. The Morgan fingerprint density at radius 1 is 0.538 bits per heavy atom. The second-order valence-electron chi connectivity index (χ2n) is 28.5. The van der Waals surface area contributed by atoms with Gasteiger partial charge in [-0.1, -0.05) is 132 Å². The predicted octanol–water partition coefficient (Wildman–Crippen LogP) is -1.54. The molecule has 2 fully saturated rings. The number of guanidine groups is 1. The molecule has 1 aromatic carbocycles. The molecule has 17 atom stereocenters. The molecule has 0 aliphatic carbocycles. The number of nitrogens with zero attached hydrogens (tertiary/aromatic N) is 2. The third-order valence-electron chi connectivity index (χ3n) is 18.3. The first-order valence-electron chi connectivity index (χ1n) is 35.9. The fourth-order valence-corrected chi connectivity index (χ4v) is 11.8. The number of carbonyl (C=O) groups excluding carboxylic acids is 14. The van der Waals surface area contributed by atoms with E-state index in [9.17, 15) is 77.3 Å². The number of nitrogens with two attached hydrogens (primary N) is 2. The van der Waals surface area contributed by atoms with Crippen molar-refractivity contribution in [2.24, 2.45) is 52.0 Å². The fourth-order valence-electron chi connectivity index (χ4n) is 11.8. The first-order valence-corrected chi connectivity index (χ1v) is 35.9. The summed E-state index contributed by atoms with van der Waals surface area (Å²) >= 11 is 0. The number of aliphatic hydroxyl groups excluding tert-OH is 2. The Morgan fingerprint density at radius 2 is 0.962 bits per heavy atom. The molecule has 4 unspecified atom stereocenters. The SMILES string of the molecule is C/C=C1\NC(=O)[C@H](Cc2ccccc2)NC(=O)[C@@H](C(C)CC)NC(=O)[C@H](C(C)CC)NC(=O)[C@@H]([C@@H](C)O)NC(=O)[C@@H](CC(C)C)NC(=O)[C@@H](CCCN=C(N)N)NC(=O)C2CCCN2C(=O)[C@H](C(C)C)NC(=O)[C@@H](C(C)C)NC(=O)[C@H]([C@H](C)O)NC(=O)C([C@H](C)OC(C)=O)NC(=O)[C@@H](C(C)C)NC1=O. The number of nitrogens with one attached hydrogen (secondary N) is 12. The summed E-state index contributed by atoms with van der Waals surface area (Å²) in [7, 11) is 0. The number of hydrogen-bond acceptors (Lipinski definition) is 18. The van der Waals surface area contributed by atoms with Crippen molar-refractivity contribution in [3.8, 4) is 0 Å². The van der Waals surface area contributed by atoms with Crippen LogP contribution in [-0.4, -0.2) is 208 Å². The normalized spacial score (nSPS) is 27.0. The van der Waals surface area contributed by atoms with Gasteiger partial charge in [0.05, 0.1) is 12.2 Å². The number of rotatable bonds is 19. The van der Waals surface area contributed by atoms with Gasteiger partial charge in [0, 0.05) is 26.4 Å². The van der Waals surface area contributed by atoms with Gasteiger partial charge >= 0.3 is 5.97 Å². The lowest BCUT2D eigenvalue weighted by molar-refractivity contribution is -0.151.